The van der Waals surface area contributed by atoms with Crippen LogP contribution >= 0.6 is 0 Å². The van der Waals surface area contributed by atoms with Gasteiger partial charge in [0.1, 0.15) is 5.69 Å². The van der Waals surface area contributed by atoms with E-state index in [2.05, 4.69) is 14.9 Å². The zero-order chi connectivity index (χ0) is 15.6. The van der Waals surface area contributed by atoms with Crippen molar-refractivity contribution in [3.05, 3.63) is 47.9 Å². The average Bonchev–Trinajstić information content (AvgIpc) is 3.51. The molecule has 5 nitrogen and oxygen atoms in total. The number of nitrogens with one attached hydrogen (secondary N) is 1. The van der Waals surface area contributed by atoms with Gasteiger partial charge >= 0.3 is 0 Å². The zero-order valence-electron chi connectivity index (χ0n) is 13.1. The molecule has 2 saturated carbocycles. The molecule has 0 spiro atoms. The first-order valence-electron chi connectivity index (χ1n) is 8.32. The minimum atomic E-state index is -0.0286. The van der Waals surface area contributed by atoms with E-state index < -0.39 is 0 Å². The molecule has 5 heteroatoms. The van der Waals surface area contributed by atoms with Gasteiger partial charge in [-0.2, -0.15) is 0 Å². The maximum Gasteiger partial charge on any atom is 0.268 e. The lowest BCUT2D eigenvalue weighted by atomic mass is 10.2. The summed E-state index contributed by atoms with van der Waals surface area (Å²) in [6.07, 6.45) is 8.58. The number of hydrogen-bond donors (Lipinski definition) is 1. The number of hydrogen-bond acceptors (Lipinski definition) is 3. The number of ether oxygens (including phenoxy) is 1. The highest BCUT2D eigenvalue weighted by atomic mass is 16.5. The molecular weight excluding hydrogens is 290 g/mol. The lowest BCUT2D eigenvalue weighted by Gasteiger charge is -2.10. The van der Waals surface area contributed by atoms with Gasteiger partial charge in [0.05, 0.1) is 6.61 Å². The van der Waals surface area contributed by atoms with Crippen LogP contribution in [0, 0.1) is 5.92 Å². The van der Waals surface area contributed by atoms with E-state index in [4.69, 9.17) is 4.74 Å². The minimum absolute atomic E-state index is 0.0286. The van der Waals surface area contributed by atoms with Crippen molar-refractivity contribution < 1.29 is 9.53 Å². The summed E-state index contributed by atoms with van der Waals surface area (Å²) in [4.78, 5) is 16.6. The van der Waals surface area contributed by atoms with E-state index in [0.717, 1.165) is 17.9 Å². The molecule has 0 saturated heterocycles. The summed E-state index contributed by atoms with van der Waals surface area (Å²) in [6, 6.07) is 8.13. The Morgan fingerprint density at radius 3 is 2.96 bits per heavy atom. The topological polar surface area (TPSA) is 56.1 Å². The molecule has 0 unspecified atom stereocenters. The van der Waals surface area contributed by atoms with Gasteiger partial charge in [0.15, 0.2) is 0 Å². The highest BCUT2D eigenvalue weighted by Crippen LogP contribution is 2.36. The van der Waals surface area contributed by atoms with Crippen molar-refractivity contribution in [3.63, 3.8) is 0 Å². The number of carbonyl (C=O) groups excluding carboxylic acids is 1. The molecule has 2 fully saturated rings. The Labute approximate surface area is 135 Å². The normalized spacial score (nSPS) is 17.0. The van der Waals surface area contributed by atoms with Crippen molar-refractivity contribution in [3.8, 4) is 5.88 Å². The molecule has 0 radical (unpaired) electrons. The van der Waals surface area contributed by atoms with E-state index in [9.17, 15) is 4.79 Å². The zero-order valence-corrected chi connectivity index (χ0v) is 13.1. The molecule has 0 aromatic carbocycles. The number of carbonyl (C=O) groups is 1. The van der Waals surface area contributed by atoms with Crippen LogP contribution in [0.2, 0.25) is 0 Å². The van der Waals surface area contributed by atoms with Crippen LogP contribution in [0.15, 0.2) is 36.7 Å². The van der Waals surface area contributed by atoms with Crippen molar-refractivity contribution in [2.24, 2.45) is 5.92 Å². The predicted octanol–water partition coefficient (Wildman–Crippen LogP) is 2.94. The summed E-state index contributed by atoms with van der Waals surface area (Å²) in [6.45, 7) is 1.23. The fraction of sp³-hybridized carbons (Fsp3) is 0.444. The molecule has 2 heterocycles. The van der Waals surface area contributed by atoms with Gasteiger partial charge in [-0.15, -0.1) is 0 Å². The maximum absolute atomic E-state index is 12.4. The van der Waals surface area contributed by atoms with E-state index >= 15 is 0 Å². The quantitative estimate of drug-likeness (QED) is 0.855. The number of rotatable bonds is 7. The highest BCUT2D eigenvalue weighted by molar-refractivity contribution is 5.92. The van der Waals surface area contributed by atoms with E-state index in [1.807, 2.05) is 30.5 Å². The van der Waals surface area contributed by atoms with Crippen molar-refractivity contribution in [2.75, 3.05) is 6.61 Å². The SMILES string of the molecule is O=C(NCc1ccnc(OCC2CC2)c1)c1cccn1C1CC1. The summed E-state index contributed by atoms with van der Waals surface area (Å²) in [5.41, 5.74) is 1.75. The first-order valence-corrected chi connectivity index (χ1v) is 8.32. The molecule has 1 amide bonds. The minimum Gasteiger partial charge on any atom is -0.477 e. The second-order valence-corrected chi connectivity index (χ2v) is 6.47. The standard InChI is InChI=1S/C18H21N3O2/c22-18(16-2-1-9-21(16)15-5-6-15)20-11-14-7-8-19-17(10-14)23-12-13-3-4-13/h1-2,7-10,13,15H,3-6,11-12H2,(H,20,22). The Morgan fingerprint density at radius 2 is 2.17 bits per heavy atom. The molecule has 2 aromatic rings. The van der Waals surface area contributed by atoms with Gasteiger partial charge in [0, 0.05) is 31.0 Å². The Bertz CT molecular complexity index is 702. The number of pyridine rings is 1. The predicted molar refractivity (Wildman–Crippen MR) is 86.3 cm³/mol. The molecule has 1 N–H and O–H groups in total. The van der Waals surface area contributed by atoms with Gasteiger partial charge in [-0.05, 0) is 55.4 Å². The van der Waals surface area contributed by atoms with Gasteiger partial charge in [0.2, 0.25) is 5.88 Å². The summed E-state index contributed by atoms with van der Waals surface area (Å²) in [7, 11) is 0. The third-order valence-corrected chi connectivity index (χ3v) is 4.37. The summed E-state index contributed by atoms with van der Waals surface area (Å²) in [5, 5.41) is 2.99. The van der Waals surface area contributed by atoms with E-state index in [0.29, 0.717) is 24.4 Å². The van der Waals surface area contributed by atoms with Crippen molar-refractivity contribution in [1.82, 2.24) is 14.9 Å². The second kappa shape index (κ2) is 6.07. The Morgan fingerprint density at radius 1 is 1.30 bits per heavy atom. The third kappa shape index (κ3) is 3.55. The second-order valence-electron chi connectivity index (χ2n) is 6.47. The average molecular weight is 311 g/mol. The van der Waals surface area contributed by atoms with Crippen LogP contribution < -0.4 is 10.1 Å². The van der Waals surface area contributed by atoms with Gasteiger partial charge < -0.3 is 14.6 Å². The summed E-state index contributed by atoms with van der Waals surface area (Å²) < 4.78 is 7.76. The van der Waals surface area contributed by atoms with Gasteiger partial charge in [-0.1, -0.05) is 0 Å². The van der Waals surface area contributed by atoms with Gasteiger partial charge in [0.25, 0.3) is 5.91 Å². The monoisotopic (exact) mass is 311 g/mol. The summed E-state index contributed by atoms with van der Waals surface area (Å²) in [5.74, 6) is 1.32. The lowest BCUT2D eigenvalue weighted by molar-refractivity contribution is 0.0941. The van der Waals surface area contributed by atoms with Crippen molar-refractivity contribution in [1.29, 1.82) is 0 Å². The fourth-order valence-electron chi connectivity index (χ4n) is 2.66. The maximum atomic E-state index is 12.4. The number of aromatic nitrogens is 2. The van der Waals surface area contributed by atoms with E-state index in [-0.39, 0.29) is 5.91 Å². The molecule has 4 rings (SSSR count). The largest absolute Gasteiger partial charge is 0.477 e. The molecular formula is C18H21N3O2. The van der Waals surface area contributed by atoms with Crippen LogP contribution in [0.5, 0.6) is 5.88 Å². The van der Waals surface area contributed by atoms with Crippen LogP contribution in [0.4, 0.5) is 0 Å². The summed E-state index contributed by atoms with van der Waals surface area (Å²) >= 11 is 0. The molecule has 0 atom stereocenters. The highest BCUT2D eigenvalue weighted by Gasteiger charge is 2.26. The molecule has 120 valence electrons. The van der Waals surface area contributed by atoms with Crippen LogP contribution in [-0.4, -0.2) is 22.1 Å². The molecule has 0 bridgehead atoms. The van der Waals surface area contributed by atoms with E-state index in [1.165, 1.54) is 25.7 Å². The van der Waals surface area contributed by atoms with Crippen molar-refractivity contribution >= 4 is 5.91 Å². The molecule has 0 aliphatic heterocycles. The Kier molecular flexibility index (Phi) is 3.77. The van der Waals surface area contributed by atoms with Crippen molar-refractivity contribution in [2.45, 2.75) is 38.3 Å². The smallest absolute Gasteiger partial charge is 0.268 e. The first kappa shape index (κ1) is 14.3. The molecule has 2 aliphatic carbocycles. The van der Waals surface area contributed by atoms with Crippen LogP contribution in [0.3, 0.4) is 0 Å². The molecule has 23 heavy (non-hydrogen) atoms. The van der Waals surface area contributed by atoms with Gasteiger partial charge in [-0.25, -0.2) is 4.98 Å². The van der Waals surface area contributed by atoms with Crippen LogP contribution in [0.1, 0.15) is 47.8 Å². The molecule has 2 aromatic heterocycles. The van der Waals surface area contributed by atoms with Gasteiger partial charge in [-0.3, -0.25) is 4.79 Å². The Hall–Kier alpha value is -2.30. The lowest BCUT2D eigenvalue weighted by Crippen LogP contribution is -2.25. The fourth-order valence-corrected chi connectivity index (χ4v) is 2.66. The Balaban J connectivity index is 1.35. The van der Waals surface area contributed by atoms with Crippen LogP contribution in [-0.2, 0) is 6.54 Å². The third-order valence-electron chi connectivity index (χ3n) is 4.37. The number of nitrogens with zero attached hydrogens (tertiary/aromatic N) is 2. The van der Waals surface area contributed by atoms with E-state index in [1.54, 1.807) is 6.20 Å². The number of amides is 1. The first-order chi connectivity index (χ1) is 11.3. The van der Waals surface area contributed by atoms with Crippen LogP contribution in [0.25, 0.3) is 0 Å². The molecule has 2 aliphatic rings.